The summed E-state index contributed by atoms with van der Waals surface area (Å²) in [6.45, 7) is 4.55. The molecular weight excluding hydrogens is 582 g/mol. The summed E-state index contributed by atoms with van der Waals surface area (Å²) in [5.74, 6) is -0.346. The number of Topliss-reactive ketones (excluding diaryl/α,β-unsaturated/α-hetero) is 1. The molecule has 41 heavy (non-hydrogen) atoms. The van der Waals surface area contributed by atoms with Crippen LogP contribution in [0.3, 0.4) is 0 Å². The molecule has 0 bridgehead atoms. The molecule has 8 nitrogen and oxygen atoms in total. The van der Waals surface area contributed by atoms with Gasteiger partial charge in [-0.3, -0.25) is 14.5 Å². The molecule has 1 amide bonds. The maximum atomic E-state index is 13.5. The largest absolute Gasteiger partial charge is 0.507 e. The van der Waals surface area contributed by atoms with Gasteiger partial charge in [-0.15, -0.1) is 10.2 Å². The van der Waals surface area contributed by atoms with Crippen LogP contribution in [0.25, 0.3) is 5.76 Å². The van der Waals surface area contributed by atoms with Gasteiger partial charge < -0.3 is 14.6 Å². The van der Waals surface area contributed by atoms with E-state index in [0.717, 1.165) is 5.56 Å². The van der Waals surface area contributed by atoms with Crippen molar-refractivity contribution in [3.8, 4) is 11.5 Å². The van der Waals surface area contributed by atoms with Crippen molar-refractivity contribution < 1.29 is 24.2 Å². The molecule has 3 aromatic carbocycles. The van der Waals surface area contributed by atoms with E-state index in [0.29, 0.717) is 51.0 Å². The minimum atomic E-state index is -0.973. The summed E-state index contributed by atoms with van der Waals surface area (Å²) in [7, 11) is 0. The Balaban J connectivity index is 1.58. The molecule has 0 radical (unpaired) electrons. The number of nitrogens with zero attached hydrogens (tertiary/aromatic N) is 3. The van der Waals surface area contributed by atoms with Gasteiger partial charge in [0.25, 0.3) is 5.78 Å². The van der Waals surface area contributed by atoms with E-state index in [9.17, 15) is 14.7 Å². The molecule has 0 spiro atoms. The first-order chi connectivity index (χ1) is 19.9. The predicted octanol–water partition coefficient (Wildman–Crippen LogP) is 6.91. The number of amides is 1. The molecule has 1 atom stereocenters. The van der Waals surface area contributed by atoms with Gasteiger partial charge in [0.05, 0.1) is 24.8 Å². The lowest BCUT2D eigenvalue weighted by molar-refractivity contribution is -0.132. The highest BCUT2D eigenvalue weighted by atomic mass is 35.5. The van der Waals surface area contributed by atoms with Crippen LogP contribution in [0.2, 0.25) is 5.02 Å². The van der Waals surface area contributed by atoms with Crippen LogP contribution in [0, 0.1) is 0 Å². The molecule has 210 valence electrons. The SMILES string of the molecule is CCOc1ccc(C2C(=C(O)c3ccccc3)C(=O)C(=O)N2c2nnc(SCc3ccccc3Cl)s2)cc1OCC. The Morgan fingerprint density at radius 3 is 2.41 bits per heavy atom. The summed E-state index contributed by atoms with van der Waals surface area (Å²) in [5, 5.41) is 20.8. The summed E-state index contributed by atoms with van der Waals surface area (Å²) < 4.78 is 12.1. The summed E-state index contributed by atoms with van der Waals surface area (Å²) in [6, 6.07) is 20.4. The van der Waals surface area contributed by atoms with Gasteiger partial charge in [-0.25, -0.2) is 0 Å². The molecule has 1 N–H and O–H groups in total. The third-order valence-electron chi connectivity index (χ3n) is 6.29. The Kier molecular flexibility index (Phi) is 8.92. The van der Waals surface area contributed by atoms with Gasteiger partial charge in [-0.2, -0.15) is 0 Å². The quantitative estimate of drug-likeness (QED) is 0.0682. The lowest BCUT2D eigenvalue weighted by atomic mass is 9.95. The number of hydrogen-bond acceptors (Lipinski definition) is 9. The number of aliphatic hydroxyl groups excluding tert-OH is 1. The Morgan fingerprint density at radius 2 is 1.68 bits per heavy atom. The molecule has 1 saturated heterocycles. The number of rotatable bonds is 10. The van der Waals surface area contributed by atoms with E-state index in [1.165, 1.54) is 28.0 Å². The highest BCUT2D eigenvalue weighted by Gasteiger charge is 2.48. The van der Waals surface area contributed by atoms with Crippen molar-refractivity contribution >= 4 is 57.3 Å². The second kappa shape index (κ2) is 12.8. The highest BCUT2D eigenvalue weighted by Crippen LogP contribution is 2.45. The number of carbonyl (C=O) groups excluding carboxylic acids is 2. The summed E-state index contributed by atoms with van der Waals surface area (Å²) >= 11 is 8.91. The highest BCUT2D eigenvalue weighted by molar-refractivity contribution is 8.00. The zero-order valence-electron chi connectivity index (χ0n) is 22.2. The van der Waals surface area contributed by atoms with Crippen molar-refractivity contribution in [3.05, 3.63) is 100 Å². The molecule has 0 saturated carbocycles. The fourth-order valence-corrected chi connectivity index (χ4v) is 6.60. The summed E-state index contributed by atoms with van der Waals surface area (Å²) in [6.07, 6.45) is 0. The first-order valence-electron chi connectivity index (χ1n) is 12.9. The topological polar surface area (TPSA) is 102 Å². The van der Waals surface area contributed by atoms with Crippen molar-refractivity contribution in [2.75, 3.05) is 18.1 Å². The van der Waals surface area contributed by atoms with E-state index in [-0.39, 0.29) is 16.5 Å². The Labute approximate surface area is 250 Å². The lowest BCUT2D eigenvalue weighted by Crippen LogP contribution is -2.29. The second-order valence-electron chi connectivity index (χ2n) is 8.84. The molecule has 1 unspecified atom stereocenters. The smallest absolute Gasteiger partial charge is 0.301 e. The van der Waals surface area contributed by atoms with Gasteiger partial charge in [0.2, 0.25) is 5.13 Å². The fraction of sp³-hybridized carbons (Fsp3) is 0.200. The van der Waals surface area contributed by atoms with Crippen molar-refractivity contribution in [3.63, 3.8) is 0 Å². The number of aliphatic hydroxyl groups is 1. The molecule has 1 fully saturated rings. The van der Waals surface area contributed by atoms with E-state index in [1.807, 2.05) is 38.1 Å². The van der Waals surface area contributed by atoms with Gasteiger partial charge >= 0.3 is 5.91 Å². The first-order valence-corrected chi connectivity index (χ1v) is 15.1. The normalized spacial score (nSPS) is 16.3. The van der Waals surface area contributed by atoms with E-state index in [1.54, 1.807) is 48.5 Å². The molecule has 1 aliphatic heterocycles. The van der Waals surface area contributed by atoms with E-state index in [2.05, 4.69) is 10.2 Å². The van der Waals surface area contributed by atoms with Crippen molar-refractivity contribution in [1.29, 1.82) is 0 Å². The predicted molar refractivity (Wildman–Crippen MR) is 161 cm³/mol. The van der Waals surface area contributed by atoms with Crippen LogP contribution < -0.4 is 14.4 Å². The molecule has 2 heterocycles. The maximum absolute atomic E-state index is 13.5. The number of aromatic nitrogens is 2. The maximum Gasteiger partial charge on any atom is 0.301 e. The third kappa shape index (κ3) is 5.95. The molecule has 4 aromatic rings. The zero-order valence-corrected chi connectivity index (χ0v) is 24.6. The summed E-state index contributed by atoms with van der Waals surface area (Å²) in [5.41, 5.74) is 1.86. The molecule has 5 rings (SSSR count). The Hall–Kier alpha value is -3.86. The van der Waals surface area contributed by atoms with Crippen molar-refractivity contribution in [2.24, 2.45) is 0 Å². The van der Waals surface area contributed by atoms with Gasteiger partial charge in [0, 0.05) is 16.3 Å². The number of anilines is 1. The molecule has 1 aromatic heterocycles. The fourth-order valence-electron chi connectivity index (χ4n) is 4.45. The lowest BCUT2D eigenvalue weighted by Gasteiger charge is -2.23. The van der Waals surface area contributed by atoms with Crippen LogP contribution in [0.4, 0.5) is 5.13 Å². The van der Waals surface area contributed by atoms with Crippen LogP contribution in [0.15, 0.2) is 82.7 Å². The number of ether oxygens (including phenoxy) is 2. The van der Waals surface area contributed by atoms with Crippen LogP contribution >= 0.6 is 34.7 Å². The molecular formula is C30H26ClN3O5S2. The van der Waals surface area contributed by atoms with Gasteiger partial charge in [-0.05, 0) is 43.2 Å². The minimum Gasteiger partial charge on any atom is -0.507 e. The van der Waals surface area contributed by atoms with Crippen molar-refractivity contribution in [1.82, 2.24) is 10.2 Å². The number of benzene rings is 3. The van der Waals surface area contributed by atoms with Gasteiger partial charge in [-0.1, -0.05) is 89.3 Å². The van der Waals surface area contributed by atoms with Crippen LogP contribution in [-0.4, -0.2) is 40.2 Å². The van der Waals surface area contributed by atoms with E-state index < -0.39 is 17.7 Å². The number of carbonyl (C=O) groups is 2. The monoisotopic (exact) mass is 607 g/mol. The summed E-state index contributed by atoms with van der Waals surface area (Å²) in [4.78, 5) is 28.3. The van der Waals surface area contributed by atoms with E-state index >= 15 is 0 Å². The van der Waals surface area contributed by atoms with Crippen LogP contribution in [0.5, 0.6) is 11.5 Å². The van der Waals surface area contributed by atoms with Crippen LogP contribution in [0.1, 0.15) is 36.6 Å². The van der Waals surface area contributed by atoms with E-state index in [4.69, 9.17) is 21.1 Å². The average molecular weight is 608 g/mol. The number of ketones is 1. The standard InChI is InChI=1S/C30H26ClN3O5S2/c1-3-38-22-15-14-19(16-23(22)39-4-2)25-24(26(35)18-10-6-5-7-11-18)27(36)28(37)34(25)29-32-33-30(41-29)40-17-20-12-8-9-13-21(20)31/h5-16,25,35H,3-4,17H2,1-2H3. The number of hydrogen-bond donors (Lipinski definition) is 1. The third-order valence-corrected chi connectivity index (χ3v) is 8.76. The Bertz CT molecular complexity index is 1610. The van der Waals surface area contributed by atoms with Crippen molar-refractivity contribution in [2.45, 2.75) is 30.0 Å². The number of halogens is 1. The zero-order chi connectivity index (χ0) is 28.9. The minimum absolute atomic E-state index is 0.0479. The Morgan fingerprint density at radius 1 is 0.976 bits per heavy atom. The molecule has 0 aliphatic carbocycles. The van der Waals surface area contributed by atoms with Crippen LogP contribution in [-0.2, 0) is 15.3 Å². The number of thioether (sulfide) groups is 1. The first kappa shape index (κ1) is 28.7. The average Bonchev–Trinajstić information content (AvgIpc) is 3.55. The molecule has 11 heteroatoms. The second-order valence-corrected chi connectivity index (χ2v) is 11.4. The van der Waals surface area contributed by atoms with Gasteiger partial charge in [0.1, 0.15) is 5.76 Å². The molecule has 1 aliphatic rings. The van der Waals surface area contributed by atoms with Gasteiger partial charge in [0.15, 0.2) is 15.8 Å².